The van der Waals surface area contributed by atoms with Crippen molar-refractivity contribution in [1.82, 2.24) is 15.0 Å². The minimum atomic E-state index is -0.604. The van der Waals surface area contributed by atoms with Crippen molar-refractivity contribution in [3.63, 3.8) is 0 Å². The Morgan fingerprint density at radius 2 is 2.06 bits per heavy atom. The summed E-state index contributed by atoms with van der Waals surface area (Å²) in [6.07, 6.45) is 2.41. The van der Waals surface area contributed by atoms with E-state index in [0.717, 1.165) is 17.4 Å². The second kappa shape index (κ2) is 5.88. The molecule has 0 spiro atoms. The molecule has 0 aliphatic carbocycles. The quantitative estimate of drug-likeness (QED) is 0.601. The molecule has 0 N–H and O–H groups in total. The fourth-order valence-corrected chi connectivity index (χ4v) is 2.28. The van der Waals surface area contributed by atoms with Crippen LogP contribution in [0.5, 0.6) is 0 Å². The summed E-state index contributed by atoms with van der Waals surface area (Å²) in [6.45, 7) is 0.0202. The average Bonchev–Trinajstić information content (AvgIpc) is 2.78. The van der Waals surface area contributed by atoms with Gasteiger partial charge >= 0.3 is 0 Å². The number of hydrogen-bond donors (Lipinski definition) is 0. The van der Waals surface area contributed by atoms with E-state index in [-0.39, 0.29) is 16.6 Å². The molecular weight excluding hydrogens is 372 g/mol. The maximum atomic E-state index is 13.7. The van der Waals surface area contributed by atoms with Gasteiger partial charge in [0.25, 0.3) is 0 Å². The first-order valence-electron chi connectivity index (χ1n) is 5.19. The van der Waals surface area contributed by atoms with Crippen molar-refractivity contribution in [1.29, 1.82) is 0 Å². The van der Waals surface area contributed by atoms with Gasteiger partial charge < -0.3 is 0 Å². The van der Waals surface area contributed by atoms with Crippen LogP contribution in [0.4, 0.5) is 8.78 Å². The normalized spacial score (nSPS) is 10.9. The molecule has 3 nitrogen and oxygen atoms in total. The Bertz CT molecular complexity index is 557. The van der Waals surface area contributed by atoms with Crippen LogP contribution in [0.15, 0.2) is 22.8 Å². The van der Waals surface area contributed by atoms with E-state index in [9.17, 15) is 8.78 Å². The average molecular weight is 381 g/mol. The first-order valence-corrected chi connectivity index (χ1v) is 7.10. The van der Waals surface area contributed by atoms with E-state index in [1.54, 1.807) is 6.20 Å². The van der Waals surface area contributed by atoms with E-state index in [1.807, 2.05) is 0 Å². The van der Waals surface area contributed by atoms with Gasteiger partial charge in [0.15, 0.2) is 0 Å². The van der Waals surface area contributed by atoms with Crippen molar-refractivity contribution >= 4 is 31.9 Å². The fraction of sp³-hybridized carbons (Fsp3) is 0.273. The van der Waals surface area contributed by atoms with E-state index in [2.05, 4.69) is 42.2 Å². The molecule has 2 rings (SSSR count). The Hall–Kier alpha value is -0.820. The predicted molar refractivity (Wildman–Crippen MR) is 70.7 cm³/mol. The zero-order valence-corrected chi connectivity index (χ0v) is 12.4. The van der Waals surface area contributed by atoms with E-state index >= 15 is 0 Å². The second-order valence-electron chi connectivity index (χ2n) is 3.67. The lowest BCUT2D eigenvalue weighted by Crippen LogP contribution is -2.06. The molecule has 0 radical (unpaired) electrons. The molecule has 1 aromatic carbocycles. The molecule has 1 aromatic heterocycles. The Morgan fingerprint density at radius 3 is 2.78 bits per heavy atom. The number of hydrogen-bond acceptors (Lipinski definition) is 2. The molecule has 0 aliphatic rings. The molecule has 0 amide bonds. The van der Waals surface area contributed by atoms with Gasteiger partial charge in [0.1, 0.15) is 11.6 Å². The third-order valence-electron chi connectivity index (χ3n) is 2.40. The summed E-state index contributed by atoms with van der Waals surface area (Å²) in [4.78, 5) is 0. The van der Waals surface area contributed by atoms with Crippen molar-refractivity contribution in [2.45, 2.75) is 13.0 Å². The zero-order chi connectivity index (χ0) is 13.1. The lowest BCUT2D eigenvalue weighted by atomic mass is 10.2. The lowest BCUT2D eigenvalue weighted by molar-refractivity contribution is 0.524. The van der Waals surface area contributed by atoms with Gasteiger partial charge in [0, 0.05) is 23.5 Å². The number of alkyl halides is 1. The summed E-state index contributed by atoms with van der Waals surface area (Å²) in [5.41, 5.74) is 0.752. The third kappa shape index (κ3) is 2.95. The zero-order valence-electron chi connectivity index (χ0n) is 9.21. The molecule has 0 aliphatic heterocycles. The highest BCUT2D eigenvalue weighted by atomic mass is 79.9. The van der Waals surface area contributed by atoms with Crippen LogP contribution in [0.25, 0.3) is 0 Å². The van der Waals surface area contributed by atoms with Crippen LogP contribution in [0.3, 0.4) is 0 Å². The summed E-state index contributed by atoms with van der Waals surface area (Å²) < 4.78 is 28.9. The Kier molecular flexibility index (Phi) is 4.45. The number of halogens is 4. The molecule has 0 fully saturated rings. The van der Waals surface area contributed by atoms with E-state index in [1.165, 1.54) is 16.8 Å². The van der Waals surface area contributed by atoms with Gasteiger partial charge in [0.05, 0.1) is 16.7 Å². The first kappa shape index (κ1) is 13.6. The van der Waals surface area contributed by atoms with Gasteiger partial charge in [0.2, 0.25) is 0 Å². The maximum Gasteiger partial charge on any atom is 0.145 e. The van der Waals surface area contributed by atoms with Crippen LogP contribution in [0.2, 0.25) is 0 Å². The molecule has 0 unspecified atom stereocenters. The standard InChI is InChI=1S/C11H9Br2F2N3/c12-4-3-7-5-18(17-16-7)6-8-10(14)2-1-9(13)11(8)15/h1-2,5H,3-4,6H2. The molecule has 7 heteroatoms. The molecule has 2 aromatic rings. The molecule has 0 bridgehead atoms. The van der Waals surface area contributed by atoms with Crippen molar-refractivity contribution < 1.29 is 8.78 Å². The van der Waals surface area contributed by atoms with Gasteiger partial charge in [-0.15, -0.1) is 5.10 Å². The number of benzene rings is 1. The SMILES string of the molecule is Fc1ccc(Br)c(F)c1Cn1cc(CCBr)nn1. The maximum absolute atomic E-state index is 13.7. The van der Waals surface area contributed by atoms with Crippen LogP contribution in [-0.2, 0) is 13.0 Å². The van der Waals surface area contributed by atoms with Gasteiger partial charge in [-0.05, 0) is 28.1 Å². The Balaban J connectivity index is 2.25. The fourth-order valence-electron chi connectivity index (χ4n) is 1.50. The monoisotopic (exact) mass is 379 g/mol. The van der Waals surface area contributed by atoms with Crippen molar-refractivity contribution in [3.05, 3.63) is 45.7 Å². The topological polar surface area (TPSA) is 30.7 Å². The van der Waals surface area contributed by atoms with Crippen LogP contribution in [0.1, 0.15) is 11.3 Å². The lowest BCUT2D eigenvalue weighted by Gasteiger charge is -2.05. The summed E-state index contributed by atoms with van der Waals surface area (Å²) in [6, 6.07) is 2.56. The highest BCUT2D eigenvalue weighted by Crippen LogP contribution is 2.22. The van der Waals surface area contributed by atoms with Crippen LogP contribution in [0, 0.1) is 11.6 Å². The van der Waals surface area contributed by atoms with Gasteiger partial charge in [-0.2, -0.15) is 0 Å². The minimum Gasteiger partial charge on any atom is -0.248 e. The highest BCUT2D eigenvalue weighted by molar-refractivity contribution is 9.10. The van der Waals surface area contributed by atoms with E-state index in [4.69, 9.17) is 0 Å². The summed E-state index contributed by atoms with van der Waals surface area (Å²) in [5, 5.41) is 8.52. The van der Waals surface area contributed by atoms with E-state index < -0.39 is 11.6 Å². The molecule has 0 saturated heterocycles. The van der Waals surface area contributed by atoms with Crippen LogP contribution in [-0.4, -0.2) is 20.3 Å². The molecule has 0 atom stereocenters. The number of rotatable bonds is 4. The van der Waals surface area contributed by atoms with Crippen LogP contribution >= 0.6 is 31.9 Å². The summed E-state index contributed by atoms with van der Waals surface area (Å²) in [7, 11) is 0. The van der Waals surface area contributed by atoms with Gasteiger partial charge in [-0.1, -0.05) is 21.1 Å². The molecule has 96 valence electrons. The number of aromatic nitrogens is 3. The third-order valence-corrected chi connectivity index (χ3v) is 3.40. The largest absolute Gasteiger partial charge is 0.248 e. The molecular formula is C11H9Br2F2N3. The summed E-state index contributed by atoms with van der Waals surface area (Å²) >= 11 is 6.32. The van der Waals surface area contributed by atoms with Crippen molar-refractivity contribution in [2.24, 2.45) is 0 Å². The Labute approximate surface area is 119 Å². The molecule has 0 saturated carbocycles. The minimum absolute atomic E-state index is 0.0202. The van der Waals surface area contributed by atoms with E-state index in [0.29, 0.717) is 0 Å². The predicted octanol–water partition coefficient (Wildman–Crippen LogP) is 3.30. The number of aryl methyl sites for hydroxylation is 1. The van der Waals surface area contributed by atoms with Crippen LogP contribution < -0.4 is 0 Å². The number of nitrogens with zero attached hydrogens (tertiary/aromatic N) is 3. The van der Waals surface area contributed by atoms with Gasteiger partial charge in [-0.25, -0.2) is 13.5 Å². The van der Waals surface area contributed by atoms with Gasteiger partial charge in [-0.3, -0.25) is 0 Å². The Morgan fingerprint density at radius 1 is 1.28 bits per heavy atom. The first-order chi connectivity index (χ1) is 8.61. The van der Waals surface area contributed by atoms with Crippen molar-refractivity contribution in [3.8, 4) is 0 Å². The summed E-state index contributed by atoms with van der Waals surface area (Å²) in [5.74, 6) is -1.19. The highest BCUT2D eigenvalue weighted by Gasteiger charge is 2.13. The van der Waals surface area contributed by atoms with Crippen molar-refractivity contribution in [2.75, 3.05) is 5.33 Å². The second-order valence-corrected chi connectivity index (χ2v) is 5.32. The smallest absolute Gasteiger partial charge is 0.145 e. The molecule has 18 heavy (non-hydrogen) atoms. The molecule has 1 heterocycles.